The lowest BCUT2D eigenvalue weighted by Gasteiger charge is -1.96. The summed E-state index contributed by atoms with van der Waals surface area (Å²) in [4.78, 5) is 23.2. The summed E-state index contributed by atoms with van der Waals surface area (Å²) in [6.07, 6.45) is 3.71. The van der Waals surface area contributed by atoms with Crippen molar-refractivity contribution >= 4 is 11.6 Å². The second-order valence-electron chi connectivity index (χ2n) is 4.17. The molecular weight excluding hydrogens is 192 g/mol. The molecule has 1 aromatic heterocycles. The first-order chi connectivity index (χ1) is 7.08. The summed E-state index contributed by atoms with van der Waals surface area (Å²) in [5, 5.41) is 4.06. The molecule has 0 N–H and O–H groups in total. The fourth-order valence-corrected chi connectivity index (χ4v) is 1.67. The van der Waals surface area contributed by atoms with Crippen LogP contribution in [0.15, 0.2) is 6.20 Å². The molecule has 2 rings (SSSR count). The van der Waals surface area contributed by atoms with Crippen LogP contribution in [0.2, 0.25) is 0 Å². The van der Waals surface area contributed by atoms with Crippen LogP contribution in [0.5, 0.6) is 0 Å². The van der Waals surface area contributed by atoms with Crippen molar-refractivity contribution in [1.82, 2.24) is 9.78 Å². The molecule has 0 bridgehead atoms. The summed E-state index contributed by atoms with van der Waals surface area (Å²) in [5.74, 6) is 0.0769. The number of nitrogens with zero attached hydrogens (tertiary/aromatic N) is 2. The number of aryl methyl sites for hydroxylation is 2. The zero-order valence-corrected chi connectivity index (χ0v) is 8.99. The minimum absolute atomic E-state index is 0.0164. The number of Topliss-reactive ketones (excluding diaryl/α,β-unsaturated/α-hetero) is 2. The van der Waals surface area contributed by atoms with Crippen LogP contribution in [0.1, 0.15) is 35.3 Å². The van der Waals surface area contributed by atoms with E-state index in [1.165, 1.54) is 0 Å². The first-order valence-corrected chi connectivity index (χ1v) is 5.14. The Balaban J connectivity index is 2.06. The number of hydrogen-bond acceptors (Lipinski definition) is 3. The molecule has 0 radical (unpaired) electrons. The van der Waals surface area contributed by atoms with Gasteiger partial charge in [0.25, 0.3) is 0 Å². The number of rotatable bonds is 4. The minimum atomic E-state index is -0.148. The van der Waals surface area contributed by atoms with Gasteiger partial charge in [0.1, 0.15) is 11.5 Å². The van der Waals surface area contributed by atoms with E-state index < -0.39 is 0 Å². The van der Waals surface area contributed by atoms with Gasteiger partial charge in [-0.05, 0) is 25.3 Å². The van der Waals surface area contributed by atoms with E-state index in [9.17, 15) is 9.59 Å². The standard InChI is InChI=1S/C11H14N2O2/c1-7-6-13(2)12-11(7)10(15)5-9(14)8-3-4-8/h6,8H,3-5H2,1-2H3. The summed E-state index contributed by atoms with van der Waals surface area (Å²) in [6.45, 7) is 1.84. The quantitative estimate of drug-likeness (QED) is 0.551. The van der Waals surface area contributed by atoms with E-state index in [0.717, 1.165) is 18.4 Å². The Hall–Kier alpha value is -1.45. The summed E-state index contributed by atoms with van der Waals surface area (Å²) in [5.41, 5.74) is 1.28. The molecule has 15 heavy (non-hydrogen) atoms. The van der Waals surface area contributed by atoms with Gasteiger partial charge in [-0.2, -0.15) is 5.10 Å². The average Bonchev–Trinajstić information content (AvgIpc) is 2.92. The van der Waals surface area contributed by atoms with E-state index in [-0.39, 0.29) is 23.9 Å². The maximum atomic E-state index is 11.7. The molecule has 80 valence electrons. The van der Waals surface area contributed by atoms with E-state index in [0.29, 0.717) is 5.69 Å². The maximum absolute atomic E-state index is 11.7. The van der Waals surface area contributed by atoms with E-state index >= 15 is 0 Å². The van der Waals surface area contributed by atoms with E-state index in [1.807, 2.05) is 6.92 Å². The van der Waals surface area contributed by atoms with Gasteiger partial charge < -0.3 is 0 Å². The summed E-state index contributed by atoms with van der Waals surface area (Å²) in [7, 11) is 1.77. The molecule has 0 saturated heterocycles. The van der Waals surface area contributed by atoms with Crippen LogP contribution in [0.3, 0.4) is 0 Å². The molecule has 1 heterocycles. The number of ketones is 2. The molecule has 1 saturated carbocycles. The smallest absolute Gasteiger partial charge is 0.190 e. The van der Waals surface area contributed by atoms with Crippen molar-refractivity contribution in [3.63, 3.8) is 0 Å². The SMILES string of the molecule is Cc1cn(C)nc1C(=O)CC(=O)C1CC1. The third-order valence-electron chi connectivity index (χ3n) is 2.64. The van der Waals surface area contributed by atoms with Crippen molar-refractivity contribution in [1.29, 1.82) is 0 Å². The molecule has 1 aliphatic rings. The Kier molecular flexibility index (Phi) is 2.42. The third kappa shape index (κ3) is 2.14. The van der Waals surface area contributed by atoms with Gasteiger partial charge in [-0.25, -0.2) is 0 Å². The largest absolute Gasteiger partial charge is 0.299 e. The van der Waals surface area contributed by atoms with Crippen molar-refractivity contribution in [2.24, 2.45) is 13.0 Å². The summed E-state index contributed by atoms with van der Waals surface area (Å²) >= 11 is 0. The second-order valence-corrected chi connectivity index (χ2v) is 4.17. The van der Waals surface area contributed by atoms with Crippen LogP contribution in [0.25, 0.3) is 0 Å². The van der Waals surface area contributed by atoms with Crippen LogP contribution in [0.4, 0.5) is 0 Å². The topological polar surface area (TPSA) is 52.0 Å². The van der Waals surface area contributed by atoms with Crippen LogP contribution < -0.4 is 0 Å². The lowest BCUT2D eigenvalue weighted by Crippen LogP contribution is -2.11. The van der Waals surface area contributed by atoms with Crippen LogP contribution >= 0.6 is 0 Å². The van der Waals surface area contributed by atoms with Crippen molar-refractivity contribution in [2.75, 3.05) is 0 Å². The predicted molar refractivity (Wildman–Crippen MR) is 54.6 cm³/mol. The Labute approximate surface area is 88.3 Å². The molecule has 4 nitrogen and oxygen atoms in total. The van der Waals surface area contributed by atoms with Gasteiger partial charge in [-0.3, -0.25) is 14.3 Å². The van der Waals surface area contributed by atoms with Gasteiger partial charge in [-0.1, -0.05) is 0 Å². The van der Waals surface area contributed by atoms with Crippen molar-refractivity contribution in [3.05, 3.63) is 17.5 Å². The Morgan fingerprint density at radius 2 is 2.20 bits per heavy atom. The molecule has 1 fully saturated rings. The first-order valence-electron chi connectivity index (χ1n) is 5.14. The first kappa shape index (κ1) is 10.1. The molecule has 0 atom stereocenters. The zero-order valence-electron chi connectivity index (χ0n) is 8.99. The van der Waals surface area contributed by atoms with Gasteiger partial charge in [0, 0.05) is 19.2 Å². The Bertz CT molecular complexity index is 416. The normalized spacial score (nSPS) is 15.3. The van der Waals surface area contributed by atoms with Gasteiger partial charge >= 0.3 is 0 Å². The lowest BCUT2D eigenvalue weighted by molar-refractivity contribution is -0.119. The second kappa shape index (κ2) is 3.61. The molecule has 0 spiro atoms. The Morgan fingerprint density at radius 3 is 2.67 bits per heavy atom. The highest BCUT2D eigenvalue weighted by Gasteiger charge is 2.31. The summed E-state index contributed by atoms with van der Waals surface area (Å²) < 4.78 is 1.60. The van der Waals surface area contributed by atoms with Gasteiger partial charge in [-0.15, -0.1) is 0 Å². The number of carbonyl (C=O) groups excluding carboxylic acids is 2. The van der Waals surface area contributed by atoms with Crippen LogP contribution in [-0.4, -0.2) is 21.3 Å². The highest BCUT2D eigenvalue weighted by Crippen LogP contribution is 2.31. The monoisotopic (exact) mass is 206 g/mol. The van der Waals surface area contributed by atoms with Gasteiger partial charge in [0.15, 0.2) is 5.78 Å². The number of hydrogen-bond donors (Lipinski definition) is 0. The Morgan fingerprint density at radius 1 is 1.53 bits per heavy atom. The van der Waals surface area contributed by atoms with Gasteiger partial charge in [0.05, 0.1) is 6.42 Å². The molecular formula is C11H14N2O2. The summed E-state index contributed by atoms with van der Waals surface area (Å²) in [6, 6.07) is 0. The van der Waals surface area contributed by atoms with Gasteiger partial charge in [0.2, 0.25) is 0 Å². The molecule has 0 amide bonds. The van der Waals surface area contributed by atoms with Crippen molar-refractivity contribution in [2.45, 2.75) is 26.2 Å². The molecule has 0 aliphatic heterocycles. The van der Waals surface area contributed by atoms with E-state index in [4.69, 9.17) is 0 Å². The fraction of sp³-hybridized carbons (Fsp3) is 0.545. The highest BCUT2D eigenvalue weighted by atomic mass is 16.1. The number of carbonyl (C=O) groups is 2. The minimum Gasteiger partial charge on any atom is -0.299 e. The molecule has 4 heteroatoms. The third-order valence-corrected chi connectivity index (χ3v) is 2.64. The highest BCUT2D eigenvalue weighted by molar-refractivity contribution is 6.08. The maximum Gasteiger partial charge on any atom is 0.190 e. The van der Waals surface area contributed by atoms with Crippen LogP contribution in [0, 0.1) is 12.8 Å². The molecule has 0 unspecified atom stereocenters. The molecule has 1 aromatic rings. The number of aromatic nitrogens is 2. The van der Waals surface area contributed by atoms with E-state index in [1.54, 1.807) is 17.9 Å². The van der Waals surface area contributed by atoms with Crippen molar-refractivity contribution < 1.29 is 9.59 Å². The van der Waals surface area contributed by atoms with E-state index in [2.05, 4.69) is 5.10 Å². The molecule has 0 aromatic carbocycles. The average molecular weight is 206 g/mol. The molecule has 1 aliphatic carbocycles. The lowest BCUT2D eigenvalue weighted by atomic mass is 10.1. The zero-order chi connectivity index (χ0) is 11.0. The van der Waals surface area contributed by atoms with Crippen molar-refractivity contribution in [3.8, 4) is 0 Å². The predicted octanol–water partition coefficient (Wildman–Crippen LogP) is 1.28. The van der Waals surface area contributed by atoms with Crippen LogP contribution in [-0.2, 0) is 11.8 Å². The fourth-order valence-electron chi connectivity index (χ4n) is 1.67.